The average Bonchev–Trinajstić information content (AvgIpc) is 2.71. The molecule has 0 bridgehead atoms. The Morgan fingerprint density at radius 3 is 2.93 bits per heavy atom. The highest BCUT2D eigenvalue weighted by Crippen LogP contribution is 2.30. The second-order valence-corrected chi connectivity index (χ2v) is 5.11. The van der Waals surface area contributed by atoms with Gasteiger partial charge in [0.15, 0.2) is 0 Å². The molecule has 15 heavy (non-hydrogen) atoms. The van der Waals surface area contributed by atoms with Crippen molar-refractivity contribution in [1.29, 1.82) is 0 Å². The lowest BCUT2D eigenvalue weighted by Crippen LogP contribution is -2.16. The van der Waals surface area contributed by atoms with Gasteiger partial charge in [-0.1, -0.05) is 0 Å². The molecule has 1 saturated heterocycles. The fourth-order valence-corrected chi connectivity index (χ4v) is 3.05. The van der Waals surface area contributed by atoms with Gasteiger partial charge in [-0.2, -0.15) is 0 Å². The van der Waals surface area contributed by atoms with Crippen LogP contribution in [0.5, 0.6) is 5.75 Å². The second kappa shape index (κ2) is 4.90. The van der Waals surface area contributed by atoms with Crippen LogP contribution in [0.1, 0.15) is 18.4 Å². The Kier molecular flexibility index (Phi) is 3.54. The van der Waals surface area contributed by atoms with E-state index >= 15 is 0 Å². The van der Waals surface area contributed by atoms with Gasteiger partial charge in [0.1, 0.15) is 5.75 Å². The van der Waals surface area contributed by atoms with Crippen molar-refractivity contribution in [2.24, 2.45) is 0 Å². The van der Waals surface area contributed by atoms with E-state index in [-0.39, 0.29) is 0 Å². The number of thioether (sulfide) groups is 1. The summed E-state index contributed by atoms with van der Waals surface area (Å²) in [6.07, 6.45) is 2.57. The molecule has 3 heteroatoms. The van der Waals surface area contributed by atoms with Gasteiger partial charge >= 0.3 is 0 Å². The Balaban J connectivity index is 2.05. The zero-order valence-electron chi connectivity index (χ0n) is 9.25. The van der Waals surface area contributed by atoms with Gasteiger partial charge in [0.25, 0.3) is 0 Å². The van der Waals surface area contributed by atoms with E-state index in [2.05, 4.69) is 24.4 Å². The molecule has 1 aromatic carbocycles. The van der Waals surface area contributed by atoms with Crippen molar-refractivity contribution in [3.63, 3.8) is 0 Å². The van der Waals surface area contributed by atoms with Crippen molar-refractivity contribution in [2.45, 2.75) is 30.0 Å². The fraction of sp³-hybridized carbons (Fsp3) is 0.500. The maximum atomic E-state index is 5.25. The quantitative estimate of drug-likeness (QED) is 0.851. The molecule has 82 valence electrons. The van der Waals surface area contributed by atoms with Crippen LogP contribution in [0.25, 0.3) is 0 Å². The lowest BCUT2D eigenvalue weighted by Gasteiger charge is -2.11. The van der Waals surface area contributed by atoms with Crippen LogP contribution >= 0.6 is 11.8 Å². The van der Waals surface area contributed by atoms with Crippen LogP contribution in [0.15, 0.2) is 23.1 Å². The number of rotatable bonds is 3. The van der Waals surface area contributed by atoms with Gasteiger partial charge in [-0.3, -0.25) is 0 Å². The van der Waals surface area contributed by atoms with Gasteiger partial charge in [-0.05, 0) is 50.1 Å². The molecular weight excluding hydrogens is 206 g/mol. The van der Waals surface area contributed by atoms with Crippen LogP contribution < -0.4 is 10.1 Å². The zero-order valence-corrected chi connectivity index (χ0v) is 10.1. The zero-order chi connectivity index (χ0) is 10.7. The molecule has 1 N–H and O–H groups in total. The van der Waals surface area contributed by atoms with Crippen molar-refractivity contribution in [1.82, 2.24) is 5.32 Å². The third-order valence-electron chi connectivity index (χ3n) is 2.66. The topological polar surface area (TPSA) is 21.3 Å². The molecule has 1 aromatic rings. The first-order chi connectivity index (χ1) is 7.29. The number of hydrogen-bond donors (Lipinski definition) is 1. The molecule has 0 saturated carbocycles. The first kappa shape index (κ1) is 10.8. The van der Waals surface area contributed by atoms with Gasteiger partial charge in [0.2, 0.25) is 0 Å². The second-order valence-electron chi connectivity index (χ2n) is 3.83. The highest BCUT2D eigenvalue weighted by Gasteiger charge is 2.15. The molecule has 0 amide bonds. The van der Waals surface area contributed by atoms with Crippen molar-refractivity contribution in [3.8, 4) is 5.75 Å². The van der Waals surface area contributed by atoms with E-state index < -0.39 is 0 Å². The summed E-state index contributed by atoms with van der Waals surface area (Å²) in [7, 11) is 1.72. The smallest absolute Gasteiger partial charge is 0.121 e. The Morgan fingerprint density at radius 1 is 1.47 bits per heavy atom. The third-order valence-corrected chi connectivity index (χ3v) is 3.87. The number of nitrogens with one attached hydrogen (secondary N) is 1. The van der Waals surface area contributed by atoms with Crippen molar-refractivity contribution in [2.75, 3.05) is 13.7 Å². The standard InChI is InChI=1S/C12H17NOS/c1-9-8-10(5-6-11(9)14-2)15-12-4-3-7-13-12/h5-6,8,12-13H,3-4,7H2,1-2H3. The molecule has 1 fully saturated rings. The normalized spacial score (nSPS) is 20.5. The number of ether oxygens (including phenoxy) is 1. The molecule has 1 atom stereocenters. The Morgan fingerprint density at radius 2 is 2.33 bits per heavy atom. The van der Waals surface area contributed by atoms with E-state index in [9.17, 15) is 0 Å². The molecule has 1 unspecified atom stereocenters. The Hall–Kier alpha value is -0.670. The molecule has 1 aliphatic heterocycles. The predicted octanol–water partition coefficient (Wildman–Crippen LogP) is 2.81. The molecule has 2 rings (SSSR count). The molecule has 1 heterocycles. The first-order valence-corrected chi connectivity index (χ1v) is 6.22. The Bertz CT molecular complexity index is 334. The number of aryl methyl sites for hydroxylation is 1. The molecular formula is C12H17NOS. The van der Waals surface area contributed by atoms with Crippen LogP contribution in [0.4, 0.5) is 0 Å². The van der Waals surface area contributed by atoms with Crippen LogP contribution in [0, 0.1) is 6.92 Å². The molecule has 0 aliphatic carbocycles. The number of benzene rings is 1. The van der Waals surface area contributed by atoms with Crippen LogP contribution in [0.2, 0.25) is 0 Å². The maximum Gasteiger partial charge on any atom is 0.121 e. The largest absolute Gasteiger partial charge is 0.496 e. The highest BCUT2D eigenvalue weighted by molar-refractivity contribution is 7.99. The maximum absolute atomic E-state index is 5.25. The molecule has 2 nitrogen and oxygen atoms in total. The summed E-state index contributed by atoms with van der Waals surface area (Å²) in [5.41, 5.74) is 1.21. The fourth-order valence-electron chi connectivity index (χ4n) is 1.84. The summed E-state index contributed by atoms with van der Waals surface area (Å²) in [5.74, 6) is 0.971. The van der Waals surface area contributed by atoms with Crippen LogP contribution in [0.3, 0.4) is 0 Å². The third kappa shape index (κ3) is 2.67. The van der Waals surface area contributed by atoms with Crippen molar-refractivity contribution >= 4 is 11.8 Å². The summed E-state index contributed by atoms with van der Waals surface area (Å²) in [4.78, 5) is 1.33. The molecule has 1 aliphatic rings. The van der Waals surface area contributed by atoms with Gasteiger partial charge in [-0.15, -0.1) is 11.8 Å². The SMILES string of the molecule is COc1ccc(SC2CCCN2)cc1C. The average molecular weight is 223 g/mol. The molecule has 0 radical (unpaired) electrons. The monoisotopic (exact) mass is 223 g/mol. The van der Waals surface area contributed by atoms with Gasteiger partial charge in [0, 0.05) is 4.90 Å². The van der Waals surface area contributed by atoms with E-state index in [1.807, 2.05) is 17.8 Å². The van der Waals surface area contributed by atoms with E-state index in [4.69, 9.17) is 4.74 Å². The predicted molar refractivity (Wildman–Crippen MR) is 64.6 cm³/mol. The van der Waals surface area contributed by atoms with Gasteiger partial charge in [-0.25, -0.2) is 0 Å². The van der Waals surface area contributed by atoms with E-state index in [1.54, 1.807) is 7.11 Å². The van der Waals surface area contributed by atoms with E-state index in [0.29, 0.717) is 5.37 Å². The summed E-state index contributed by atoms with van der Waals surface area (Å²) in [6, 6.07) is 6.38. The van der Waals surface area contributed by atoms with E-state index in [0.717, 1.165) is 12.3 Å². The van der Waals surface area contributed by atoms with Crippen molar-refractivity contribution < 1.29 is 4.74 Å². The number of methoxy groups -OCH3 is 1. The van der Waals surface area contributed by atoms with Gasteiger partial charge in [0.05, 0.1) is 12.5 Å². The van der Waals surface area contributed by atoms with Crippen LogP contribution in [-0.2, 0) is 0 Å². The Labute approximate surface area is 95.4 Å². The number of hydrogen-bond acceptors (Lipinski definition) is 3. The van der Waals surface area contributed by atoms with Gasteiger partial charge < -0.3 is 10.1 Å². The van der Waals surface area contributed by atoms with Crippen LogP contribution in [-0.4, -0.2) is 19.0 Å². The highest BCUT2D eigenvalue weighted by atomic mass is 32.2. The summed E-state index contributed by atoms with van der Waals surface area (Å²) in [5, 5.41) is 4.08. The summed E-state index contributed by atoms with van der Waals surface area (Å²) >= 11 is 1.92. The lowest BCUT2D eigenvalue weighted by atomic mass is 10.2. The molecule has 0 aromatic heterocycles. The minimum absolute atomic E-state index is 0.595. The molecule has 0 spiro atoms. The van der Waals surface area contributed by atoms with E-state index in [1.165, 1.54) is 23.3 Å². The summed E-state index contributed by atoms with van der Waals surface area (Å²) < 4.78 is 5.25. The minimum Gasteiger partial charge on any atom is -0.496 e. The van der Waals surface area contributed by atoms with Crippen molar-refractivity contribution in [3.05, 3.63) is 23.8 Å². The lowest BCUT2D eigenvalue weighted by molar-refractivity contribution is 0.411. The first-order valence-electron chi connectivity index (χ1n) is 5.34. The minimum atomic E-state index is 0.595. The summed E-state index contributed by atoms with van der Waals surface area (Å²) in [6.45, 7) is 3.25.